The van der Waals surface area contributed by atoms with Gasteiger partial charge in [-0.25, -0.2) is 4.98 Å². The first-order valence-electron chi connectivity index (χ1n) is 10.6. The van der Waals surface area contributed by atoms with Gasteiger partial charge in [-0.15, -0.1) is 0 Å². The van der Waals surface area contributed by atoms with Gasteiger partial charge in [-0.1, -0.05) is 12.1 Å². The van der Waals surface area contributed by atoms with E-state index in [2.05, 4.69) is 15.6 Å². The van der Waals surface area contributed by atoms with Gasteiger partial charge in [0.1, 0.15) is 25.6 Å². The van der Waals surface area contributed by atoms with Crippen LogP contribution >= 0.6 is 0 Å². The molecule has 2 aromatic heterocycles. The van der Waals surface area contributed by atoms with Crippen molar-refractivity contribution in [2.45, 2.75) is 13.0 Å². The lowest BCUT2D eigenvalue weighted by Gasteiger charge is -2.19. The van der Waals surface area contributed by atoms with Crippen molar-refractivity contribution < 1.29 is 23.5 Å². The van der Waals surface area contributed by atoms with Crippen molar-refractivity contribution in [3.8, 4) is 11.5 Å². The number of nitrogens with zero attached hydrogens (tertiary/aromatic N) is 2. The highest BCUT2D eigenvalue weighted by Gasteiger charge is 2.16. The number of anilines is 1. The Morgan fingerprint density at radius 1 is 1.00 bits per heavy atom. The highest BCUT2D eigenvalue weighted by molar-refractivity contribution is 5.92. The van der Waals surface area contributed by atoms with Crippen LogP contribution in [0.25, 0.3) is 11.0 Å². The number of fused-ring (bicyclic) bond motifs is 2. The molecule has 9 nitrogen and oxygen atoms in total. The van der Waals surface area contributed by atoms with Crippen LogP contribution in [-0.4, -0.2) is 41.1 Å². The number of hydrogen-bond acceptors (Lipinski definition) is 6. The number of aromatic nitrogens is 2. The van der Waals surface area contributed by atoms with Crippen LogP contribution in [0.4, 0.5) is 5.69 Å². The molecule has 0 fully saturated rings. The van der Waals surface area contributed by atoms with Crippen molar-refractivity contribution in [2.75, 3.05) is 25.1 Å². The second-order valence-electron chi connectivity index (χ2n) is 7.49. The number of nitrogens with one attached hydrogen (secondary N) is 2. The number of para-hydroxylation sites is 2. The van der Waals surface area contributed by atoms with Crippen LogP contribution < -0.4 is 20.1 Å². The number of ether oxygens (including phenoxy) is 2. The summed E-state index contributed by atoms with van der Waals surface area (Å²) in [6.07, 6.45) is 1.91. The summed E-state index contributed by atoms with van der Waals surface area (Å²) in [5.41, 5.74) is 2.26. The van der Waals surface area contributed by atoms with E-state index in [-0.39, 0.29) is 24.1 Å². The lowest BCUT2D eigenvalue weighted by atomic mass is 10.2. The van der Waals surface area contributed by atoms with E-state index in [1.807, 2.05) is 28.8 Å². The van der Waals surface area contributed by atoms with E-state index in [1.165, 1.54) is 6.26 Å². The minimum Gasteiger partial charge on any atom is -0.486 e. The van der Waals surface area contributed by atoms with Crippen molar-refractivity contribution in [1.29, 1.82) is 0 Å². The topological polar surface area (TPSA) is 108 Å². The molecule has 0 spiro atoms. The number of furan rings is 1. The number of benzene rings is 2. The van der Waals surface area contributed by atoms with Gasteiger partial charge in [0.25, 0.3) is 5.91 Å². The molecular formula is C24H22N4O5. The maximum Gasteiger partial charge on any atom is 0.286 e. The third-order valence-electron chi connectivity index (χ3n) is 5.24. The fourth-order valence-electron chi connectivity index (χ4n) is 3.74. The molecule has 0 atom stereocenters. The number of rotatable bonds is 7. The zero-order chi connectivity index (χ0) is 22.6. The van der Waals surface area contributed by atoms with Gasteiger partial charge in [-0.05, 0) is 36.4 Å². The van der Waals surface area contributed by atoms with E-state index in [9.17, 15) is 9.59 Å². The molecule has 168 valence electrons. The largest absolute Gasteiger partial charge is 0.486 e. The predicted molar refractivity (Wildman–Crippen MR) is 121 cm³/mol. The first-order valence-corrected chi connectivity index (χ1v) is 10.6. The number of imidazole rings is 1. The molecule has 1 aliphatic rings. The molecule has 0 aliphatic carbocycles. The Kier molecular flexibility index (Phi) is 5.67. The zero-order valence-electron chi connectivity index (χ0n) is 17.7. The molecule has 0 unspecified atom stereocenters. The molecular weight excluding hydrogens is 424 g/mol. The molecule has 2 N–H and O–H groups in total. The van der Waals surface area contributed by atoms with Gasteiger partial charge in [0.05, 0.1) is 17.3 Å². The van der Waals surface area contributed by atoms with Crippen molar-refractivity contribution >= 4 is 28.5 Å². The van der Waals surface area contributed by atoms with Crippen LogP contribution in [0.5, 0.6) is 11.5 Å². The standard InChI is InChI=1S/C24H22N4O5/c29-23(26-16-7-8-19-21(14-16)33-13-12-32-19)15-28-18-5-2-1-4-17(18)27-22(28)9-10-25-24(30)20-6-3-11-31-20/h1-8,11,14H,9-10,12-13,15H2,(H,25,30)(H,26,29). The molecule has 9 heteroatoms. The van der Waals surface area contributed by atoms with Crippen LogP contribution in [-0.2, 0) is 17.8 Å². The molecule has 3 heterocycles. The van der Waals surface area contributed by atoms with Gasteiger partial charge in [-0.2, -0.15) is 0 Å². The van der Waals surface area contributed by atoms with Crippen LogP contribution in [0.3, 0.4) is 0 Å². The molecule has 2 aromatic carbocycles. The Labute approximate surface area is 189 Å². The van der Waals surface area contributed by atoms with Crippen molar-refractivity contribution in [3.05, 3.63) is 72.4 Å². The third kappa shape index (κ3) is 4.52. The Bertz CT molecular complexity index is 1300. The highest BCUT2D eigenvalue weighted by Crippen LogP contribution is 2.32. The average Bonchev–Trinajstić information content (AvgIpc) is 3.48. The summed E-state index contributed by atoms with van der Waals surface area (Å²) in [7, 11) is 0. The molecule has 0 saturated carbocycles. The summed E-state index contributed by atoms with van der Waals surface area (Å²) in [4.78, 5) is 29.6. The van der Waals surface area contributed by atoms with Gasteiger partial charge >= 0.3 is 0 Å². The van der Waals surface area contributed by atoms with Gasteiger partial charge < -0.3 is 29.1 Å². The first-order chi connectivity index (χ1) is 16.2. The summed E-state index contributed by atoms with van der Waals surface area (Å²) >= 11 is 0. The Morgan fingerprint density at radius 3 is 2.70 bits per heavy atom. The molecule has 1 aliphatic heterocycles. The predicted octanol–water partition coefficient (Wildman–Crippen LogP) is 3.01. The Morgan fingerprint density at radius 2 is 1.85 bits per heavy atom. The minimum atomic E-state index is -0.293. The van der Waals surface area contributed by atoms with E-state index in [1.54, 1.807) is 30.3 Å². The van der Waals surface area contributed by atoms with Gasteiger partial charge in [0.2, 0.25) is 5.91 Å². The summed E-state index contributed by atoms with van der Waals surface area (Å²) in [5.74, 6) is 1.74. The number of carbonyl (C=O) groups excluding carboxylic acids is 2. The molecule has 33 heavy (non-hydrogen) atoms. The molecule has 0 radical (unpaired) electrons. The summed E-state index contributed by atoms with van der Waals surface area (Å²) < 4.78 is 18.1. The first kappa shape index (κ1) is 20.6. The second kappa shape index (κ2) is 9.07. The van der Waals surface area contributed by atoms with Gasteiger partial charge in [0.15, 0.2) is 17.3 Å². The molecule has 0 bridgehead atoms. The monoisotopic (exact) mass is 446 g/mol. The van der Waals surface area contributed by atoms with Crippen molar-refractivity contribution in [1.82, 2.24) is 14.9 Å². The van der Waals surface area contributed by atoms with E-state index in [0.29, 0.717) is 49.2 Å². The van der Waals surface area contributed by atoms with Crippen LogP contribution in [0.2, 0.25) is 0 Å². The number of carbonyl (C=O) groups is 2. The van der Waals surface area contributed by atoms with E-state index in [0.717, 1.165) is 11.0 Å². The van der Waals surface area contributed by atoms with Crippen LogP contribution in [0.15, 0.2) is 65.3 Å². The quantitative estimate of drug-likeness (QED) is 0.452. The lowest BCUT2D eigenvalue weighted by Crippen LogP contribution is -2.27. The van der Waals surface area contributed by atoms with Crippen molar-refractivity contribution in [3.63, 3.8) is 0 Å². The molecule has 4 aromatic rings. The van der Waals surface area contributed by atoms with Crippen LogP contribution in [0.1, 0.15) is 16.4 Å². The smallest absolute Gasteiger partial charge is 0.286 e. The molecule has 2 amide bonds. The average molecular weight is 446 g/mol. The van der Waals surface area contributed by atoms with Gasteiger partial charge in [-0.3, -0.25) is 9.59 Å². The zero-order valence-corrected chi connectivity index (χ0v) is 17.7. The Hall–Kier alpha value is -4.27. The number of hydrogen-bond donors (Lipinski definition) is 2. The maximum atomic E-state index is 12.9. The summed E-state index contributed by atoms with van der Waals surface area (Å²) in [5, 5.41) is 5.72. The normalized spacial score (nSPS) is 12.5. The van der Waals surface area contributed by atoms with Crippen molar-refractivity contribution in [2.24, 2.45) is 0 Å². The van der Waals surface area contributed by atoms with E-state index in [4.69, 9.17) is 13.9 Å². The fourth-order valence-corrected chi connectivity index (χ4v) is 3.74. The summed E-state index contributed by atoms with van der Waals surface area (Å²) in [6.45, 7) is 1.42. The number of amides is 2. The van der Waals surface area contributed by atoms with Crippen LogP contribution in [0, 0.1) is 0 Å². The third-order valence-corrected chi connectivity index (χ3v) is 5.24. The Balaban J connectivity index is 1.29. The molecule has 0 saturated heterocycles. The highest BCUT2D eigenvalue weighted by atomic mass is 16.6. The van der Waals surface area contributed by atoms with Gasteiger partial charge in [0, 0.05) is 24.7 Å². The minimum absolute atomic E-state index is 0.0798. The SMILES string of the molecule is O=C(Cn1c(CCNC(=O)c2ccco2)nc2ccccc21)Nc1ccc2c(c1)OCCO2. The summed E-state index contributed by atoms with van der Waals surface area (Å²) in [6, 6.07) is 16.2. The van der Waals surface area contributed by atoms with E-state index >= 15 is 0 Å². The van der Waals surface area contributed by atoms with E-state index < -0.39 is 0 Å². The lowest BCUT2D eigenvalue weighted by molar-refractivity contribution is -0.116. The maximum absolute atomic E-state index is 12.9. The second-order valence-corrected chi connectivity index (χ2v) is 7.49. The fraction of sp³-hybridized carbons (Fsp3) is 0.208. The molecule has 5 rings (SSSR count).